The van der Waals surface area contributed by atoms with E-state index in [2.05, 4.69) is 17.4 Å². The number of anilines is 1. The lowest BCUT2D eigenvalue weighted by molar-refractivity contribution is 0.601. The average molecular weight is 334 g/mol. The van der Waals surface area contributed by atoms with Crippen LogP contribution in [0.1, 0.15) is 0 Å². The Bertz CT molecular complexity index is 700. The molecule has 0 atom stereocenters. The Morgan fingerprint density at radius 2 is 1.53 bits per heavy atom. The Morgan fingerprint density at radius 3 is 2.16 bits per heavy atom. The highest BCUT2D eigenvalue weighted by atomic mass is 35.5. The number of hydrogen-bond donors (Lipinski definition) is 2. The van der Waals surface area contributed by atoms with Crippen molar-refractivity contribution in [3.05, 3.63) is 52.5 Å². The van der Waals surface area contributed by atoms with Crippen LogP contribution in [0.4, 0.5) is 5.69 Å². The molecular formula is C12H9Cl2NO2S2. The average Bonchev–Trinajstić information content (AvgIpc) is 2.34. The van der Waals surface area contributed by atoms with Gasteiger partial charge >= 0.3 is 0 Å². The maximum absolute atomic E-state index is 12.1. The van der Waals surface area contributed by atoms with E-state index in [1.54, 1.807) is 12.1 Å². The molecule has 0 aliphatic carbocycles. The molecule has 1 N–H and O–H groups in total. The second-order valence-corrected chi connectivity index (χ2v) is 6.76. The van der Waals surface area contributed by atoms with Crippen molar-refractivity contribution in [1.29, 1.82) is 0 Å². The van der Waals surface area contributed by atoms with E-state index in [-0.39, 0.29) is 4.90 Å². The fourth-order valence-electron chi connectivity index (χ4n) is 1.41. The number of sulfonamides is 1. The zero-order valence-electron chi connectivity index (χ0n) is 9.47. The van der Waals surface area contributed by atoms with Gasteiger partial charge in [0.15, 0.2) is 0 Å². The topological polar surface area (TPSA) is 46.2 Å². The summed E-state index contributed by atoms with van der Waals surface area (Å²) in [5.41, 5.74) is 0.325. The monoisotopic (exact) mass is 333 g/mol. The van der Waals surface area contributed by atoms with Crippen molar-refractivity contribution in [1.82, 2.24) is 0 Å². The molecule has 2 rings (SSSR count). The summed E-state index contributed by atoms with van der Waals surface area (Å²) < 4.78 is 26.7. The lowest BCUT2D eigenvalue weighted by Gasteiger charge is -2.10. The first kappa shape index (κ1) is 14.5. The Morgan fingerprint density at radius 1 is 0.947 bits per heavy atom. The van der Waals surface area contributed by atoms with E-state index in [4.69, 9.17) is 23.2 Å². The van der Waals surface area contributed by atoms with Crippen molar-refractivity contribution in [3.8, 4) is 0 Å². The smallest absolute Gasteiger partial charge is 0.261 e. The molecule has 0 saturated heterocycles. The summed E-state index contributed by atoms with van der Waals surface area (Å²) in [7, 11) is -3.69. The highest BCUT2D eigenvalue weighted by molar-refractivity contribution is 7.92. The Labute approximate surface area is 127 Å². The molecule has 0 spiro atoms. The summed E-state index contributed by atoms with van der Waals surface area (Å²) in [6.07, 6.45) is 0. The zero-order valence-corrected chi connectivity index (χ0v) is 12.7. The maximum atomic E-state index is 12.1. The molecule has 0 heterocycles. The zero-order chi connectivity index (χ0) is 14.0. The summed E-state index contributed by atoms with van der Waals surface area (Å²) >= 11 is 15.7. The minimum Gasteiger partial charge on any atom is -0.278 e. The van der Waals surface area contributed by atoms with Gasteiger partial charge in [-0.25, -0.2) is 8.42 Å². The summed E-state index contributed by atoms with van der Waals surface area (Å²) in [6.45, 7) is 0. The van der Waals surface area contributed by atoms with Crippen molar-refractivity contribution in [2.75, 3.05) is 4.72 Å². The van der Waals surface area contributed by atoms with E-state index in [9.17, 15) is 8.42 Å². The molecule has 0 radical (unpaired) electrons. The van der Waals surface area contributed by atoms with Crippen LogP contribution in [0, 0.1) is 0 Å². The second-order valence-electron chi connectivity index (χ2n) is 3.72. The van der Waals surface area contributed by atoms with Crippen LogP contribution < -0.4 is 4.72 Å². The van der Waals surface area contributed by atoms with Crippen LogP contribution >= 0.6 is 35.8 Å². The lowest BCUT2D eigenvalue weighted by Crippen LogP contribution is -2.13. The highest BCUT2D eigenvalue weighted by Gasteiger charge is 2.15. The van der Waals surface area contributed by atoms with Crippen LogP contribution in [0.5, 0.6) is 0 Å². The van der Waals surface area contributed by atoms with Crippen molar-refractivity contribution in [2.24, 2.45) is 0 Å². The van der Waals surface area contributed by atoms with Crippen LogP contribution in [-0.4, -0.2) is 8.42 Å². The van der Waals surface area contributed by atoms with E-state index in [1.165, 1.54) is 30.3 Å². The van der Waals surface area contributed by atoms with Gasteiger partial charge in [0.05, 0.1) is 10.6 Å². The van der Waals surface area contributed by atoms with Gasteiger partial charge in [0.1, 0.15) is 0 Å². The SMILES string of the molecule is O=S(=O)(Nc1cc(Cl)ccc1S)c1ccc(Cl)cc1. The molecule has 0 saturated carbocycles. The van der Waals surface area contributed by atoms with Crippen molar-refractivity contribution >= 4 is 51.5 Å². The first-order chi connectivity index (χ1) is 8.88. The summed E-state index contributed by atoms with van der Waals surface area (Å²) in [4.78, 5) is 0.603. The Hall–Kier alpha value is -0.880. The largest absolute Gasteiger partial charge is 0.278 e. The van der Waals surface area contributed by atoms with Gasteiger partial charge < -0.3 is 0 Å². The fourth-order valence-corrected chi connectivity index (χ4v) is 3.05. The van der Waals surface area contributed by atoms with Gasteiger partial charge in [0.2, 0.25) is 0 Å². The molecule has 3 nitrogen and oxygen atoms in total. The minimum atomic E-state index is -3.69. The van der Waals surface area contributed by atoms with Gasteiger partial charge in [-0.2, -0.15) is 0 Å². The molecule has 19 heavy (non-hydrogen) atoms. The van der Waals surface area contributed by atoms with Crippen molar-refractivity contribution in [2.45, 2.75) is 9.79 Å². The lowest BCUT2D eigenvalue weighted by atomic mass is 10.3. The second kappa shape index (κ2) is 5.63. The molecule has 2 aromatic carbocycles. The number of hydrogen-bond acceptors (Lipinski definition) is 3. The van der Waals surface area contributed by atoms with Gasteiger partial charge in [0.25, 0.3) is 10.0 Å². The van der Waals surface area contributed by atoms with Crippen molar-refractivity contribution < 1.29 is 8.42 Å². The number of rotatable bonds is 3. The minimum absolute atomic E-state index is 0.115. The first-order valence-corrected chi connectivity index (χ1v) is 7.84. The predicted octanol–water partition coefficient (Wildman–Crippen LogP) is 4.08. The van der Waals surface area contributed by atoms with Gasteiger partial charge in [-0.1, -0.05) is 23.2 Å². The molecule has 7 heteroatoms. The molecular weight excluding hydrogens is 325 g/mol. The number of thiol groups is 1. The molecule has 2 aromatic rings. The van der Waals surface area contributed by atoms with Gasteiger partial charge in [-0.3, -0.25) is 4.72 Å². The summed E-state index contributed by atoms with van der Waals surface area (Å²) in [6, 6.07) is 10.6. The fraction of sp³-hybridized carbons (Fsp3) is 0. The van der Waals surface area contributed by atoms with Crippen molar-refractivity contribution in [3.63, 3.8) is 0 Å². The molecule has 0 aliphatic heterocycles. The third kappa shape index (κ3) is 3.57. The van der Waals surface area contributed by atoms with Crippen LogP contribution in [0.2, 0.25) is 10.0 Å². The van der Waals surface area contributed by atoms with Gasteiger partial charge in [-0.15, -0.1) is 12.6 Å². The first-order valence-electron chi connectivity index (χ1n) is 5.15. The van der Waals surface area contributed by atoms with Crippen LogP contribution in [0.25, 0.3) is 0 Å². The molecule has 0 aromatic heterocycles. The van der Waals surface area contributed by atoms with E-state index in [1.807, 2.05) is 0 Å². The van der Waals surface area contributed by atoms with E-state index in [0.29, 0.717) is 20.6 Å². The van der Waals surface area contributed by atoms with Crippen LogP contribution in [0.15, 0.2) is 52.3 Å². The molecule has 100 valence electrons. The Kier molecular flexibility index (Phi) is 4.30. The maximum Gasteiger partial charge on any atom is 0.261 e. The van der Waals surface area contributed by atoms with E-state index < -0.39 is 10.0 Å². The number of halogens is 2. The third-order valence-corrected chi connectivity index (χ3v) is 4.59. The van der Waals surface area contributed by atoms with E-state index >= 15 is 0 Å². The number of nitrogens with one attached hydrogen (secondary N) is 1. The Balaban J connectivity index is 2.36. The third-order valence-electron chi connectivity index (χ3n) is 2.33. The standard InChI is InChI=1S/C12H9Cl2NO2S2/c13-8-1-4-10(5-2-8)19(16,17)15-11-7-9(14)3-6-12(11)18/h1-7,15,18H. The highest BCUT2D eigenvalue weighted by Crippen LogP contribution is 2.26. The normalized spacial score (nSPS) is 11.3. The molecule has 0 bridgehead atoms. The summed E-state index contributed by atoms with van der Waals surface area (Å²) in [5, 5.41) is 0.892. The van der Waals surface area contributed by atoms with Crippen LogP contribution in [0.3, 0.4) is 0 Å². The molecule has 0 aliphatic rings. The van der Waals surface area contributed by atoms with E-state index in [0.717, 1.165) is 0 Å². The summed E-state index contributed by atoms with van der Waals surface area (Å²) in [5.74, 6) is 0. The molecule has 0 fully saturated rings. The van der Waals surface area contributed by atoms with Gasteiger partial charge in [0, 0.05) is 14.9 Å². The molecule has 0 unspecified atom stereocenters. The predicted molar refractivity (Wildman–Crippen MR) is 81.0 cm³/mol. The number of benzene rings is 2. The van der Waals surface area contributed by atoms with Gasteiger partial charge in [-0.05, 0) is 42.5 Å². The quantitative estimate of drug-likeness (QED) is 0.831. The molecule has 0 amide bonds. The van der Waals surface area contributed by atoms with Crippen LogP contribution in [-0.2, 0) is 10.0 Å².